The summed E-state index contributed by atoms with van der Waals surface area (Å²) in [5.41, 5.74) is 0.603. The van der Waals surface area contributed by atoms with Gasteiger partial charge in [-0.05, 0) is 31.0 Å². The van der Waals surface area contributed by atoms with Crippen LogP contribution in [0.4, 0.5) is 0 Å². The predicted molar refractivity (Wildman–Crippen MR) is 109 cm³/mol. The normalized spacial score (nSPS) is 17.8. The van der Waals surface area contributed by atoms with E-state index in [1.807, 2.05) is 6.92 Å². The zero-order chi connectivity index (χ0) is 21.1. The molecule has 0 aliphatic carbocycles. The molecule has 1 atom stereocenters. The zero-order valence-corrected chi connectivity index (χ0v) is 18.0. The summed E-state index contributed by atoms with van der Waals surface area (Å²) in [6.45, 7) is 2.73. The van der Waals surface area contributed by atoms with E-state index in [2.05, 4.69) is 15.5 Å². The highest BCUT2D eigenvalue weighted by molar-refractivity contribution is 7.91. The zero-order valence-electron chi connectivity index (χ0n) is 16.4. The molecule has 0 radical (unpaired) electrons. The number of aryl methyl sites for hydroxylation is 1. The van der Waals surface area contributed by atoms with Crippen molar-refractivity contribution in [2.75, 3.05) is 13.1 Å². The van der Waals surface area contributed by atoms with Gasteiger partial charge in [0.25, 0.3) is 10.0 Å². The first-order valence-electron chi connectivity index (χ1n) is 9.69. The third-order valence-electron chi connectivity index (χ3n) is 4.97. The van der Waals surface area contributed by atoms with Gasteiger partial charge in [-0.1, -0.05) is 12.1 Å². The predicted octanol–water partition coefficient (Wildman–Crippen LogP) is 2.67. The number of furan rings is 1. The second-order valence-corrected chi connectivity index (χ2v) is 10.1. The SMILES string of the molecule is CCc1nc(-c2csc(S(=O)(=O)N3CCC[C@@H](C(=O)NCc4ccco4)C3)c2)no1. The van der Waals surface area contributed by atoms with Crippen LogP contribution < -0.4 is 5.32 Å². The summed E-state index contributed by atoms with van der Waals surface area (Å²) in [5.74, 6) is 0.963. The van der Waals surface area contributed by atoms with Gasteiger partial charge in [0.05, 0.1) is 18.7 Å². The van der Waals surface area contributed by atoms with Gasteiger partial charge in [0.15, 0.2) is 0 Å². The van der Waals surface area contributed by atoms with Crippen molar-refractivity contribution in [1.29, 1.82) is 0 Å². The molecule has 1 fully saturated rings. The minimum atomic E-state index is -3.71. The minimum Gasteiger partial charge on any atom is -0.467 e. The average Bonchev–Trinajstić information content (AvgIpc) is 3.53. The van der Waals surface area contributed by atoms with Crippen molar-refractivity contribution in [3.8, 4) is 11.4 Å². The lowest BCUT2D eigenvalue weighted by Gasteiger charge is -2.30. The molecule has 1 aliphatic heterocycles. The highest BCUT2D eigenvalue weighted by Gasteiger charge is 2.34. The summed E-state index contributed by atoms with van der Waals surface area (Å²) < 4.78 is 38.2. The monoisotopic (exact) mass is 450 g/mol. The molecule has 11 heteroatoms. The van der Waals surface area contributed by atoms with Crippen LogP contribution in [-0.4, -0.2) is 41.9 Å². The quantitative estimate of drug-likeness (QED) is 0.588. The number of aromatic nitrogens is 2. The van der Waals surface area contributed by atoms with Crippen LogP contribution >= 0.6 is 11.3 Å². The summed E-state index contributed by atoms with van der Waals surface area (Å²) in [6.07, 6.45) is 3.43. The Balaban J connectivity index is 1.44. The molecule has 9 nitrogen and oxygen atoms in total. The average molecular weight is 451 g/mol. The number of piperidine rings is 1. The van der Waals surface area contributed by atoms with Crippen molar-refractivity contribution >= 4 is 27.3 Å². The second kappa shape index (κ2) is 8.70. The first kappa shape index (κ1) is 20.8. The van der Waals surface area contributed by atoms with E-state index in [9.17, 15) is 13.2 Å². The fourth-order valence-corrected chi connectivity index (χ4v) is 6.15. The number of amides is 1. The lowest BCUT2D eigenvalue weighted by atomic mass is 9.99. The molecule has 4 rings (SSSR count). The van der Waals surface area contributed by atoms with E-state index in [1.165, 1.54) is 4.31 Å². The fourth-order valence-electron chi connectivity index (χ4n) is 3.32. The molecule has 0 saturated carbocycles. The first-order chi connectivity index (χ1) is 14.5. The van der Waals surface area contributed by atoms with Gasteiger partial charge in [-0.15, -0.1) is 11.3 Å². The van der Waals surface area contributed by atoms with Crippen molar-refractivity contribution in [2.24, 2.45) is 5.92 Å². The Morgan fingerprint density at radius 3 is 3.03 bits per heavy atom. The first-order valence-corrected chi connectivity index (χ1v) is 12.0. The van der Waals surface area contributed by atoms with E-state index in [-0.39, 0.29) is 23.2 Å². The molecule has 0 spiro atoms. The van der Waals surface area contributed by atoms with Gasteiger partial charge in [-0.25, -0.2) is 8.42 Å². The van der Waals surface area contributed by atoms with Crippen LogP contribution in [0.3, 0.4) is 0 Å². The molecule has 1 saturated heterocycles. The molecule has 4 heterocycles. The number of nitrogens with one attached hydrogen (secondary N) is 1. The lowest BCUT2D eigenvalue weighted by molar-refractivity contribution is -0.126. The van der Waals surface area contributed by atoms with Crippen molar-refractivity contribution in [3.05, 3.63) is 41.5 Å². The summed E-state index contributed by atoms with van der Waals surface area (Å²) in [5, 5.41) is 8.42. The minimum absolute atomic E-state index is 0.155. The molecule has 1 N–H and O–H groups in total. The largest absolute Gasteiger partial charge is 0.467 e. The molecule has 0 aromatic carbocycles. The Hall–Kier alpha value is -2.50. The Morgan fingerprint density at radius 2 is 2.30 bits per heavy atom. The van der Waals surface area contributed by atoms with E-state index >= 15 is 0 Å². The highest BCUT2D eigenvalue weighted by atomic mass is 32.2. The molecule has 3 aromatic rings. The molecule has 0 bridgehead atoms. The molecule has 3 aromatic heterocycles. The summed E-state index contributed by atoms with van der Waals surface area (Å²) in [6, 6.07) is 5.09. The van der Waals surface area contributed by atoms with Gasteiger partial charge < -0.3 is 14.3 Å². The summed E-state index contributed by atoms with van der Waals surface area (Å²) in [4.78, 5) is 16.8. The topological polar surface area (TPSA) is 119 Å². The van der Waals surface area contributed by atoms with Gasteiger partial charge in [0.1, 0.15) is 9.97 Å². The van der Waals surface area contributed by atoms with Crippen LogP contribution in [0.15, 0.2) is 43.0 Å². The standard InChI is InChI=1S/C19H22N4O5S2/c1-2-16-21-18(22-28-16)14-9-17(29-12-14)30(25,26)23-7-3-5-13(11-23)19(24)20-10-15-6-4-8-27-15/h4,6,8-9,12-13H,2-3,5,7,10-11H2,1H3,(H,20,24)/t13-/m1/s1. The maximum absolute atomic E-state index is 13.1. The van der Waals surface area contributed by atoms with Gasteiger partial charge in [-0.3, -0.25) is 4.79 Å². The van der Waals surface area contributed by atoms with Crippen molar-refractivity contribution < 1.29 is 22.2 Å². The number of rotatable bonds is 7. The Morgan fingerprint density at radius 1 is 1.43 bits per heavy atom. The molecule has 160 valence electrons. The smallest absolute Gasteiger partial charge is 0.252 e. The van der Waals surface area contributed by atoms with Crippen LogP contribution in [0.5, 0.6) is 0 Å². The molecule has 1 amide bonds. The Labute approximate surface area is 178 Å². The van der Waals surface area contributed by atoms with Crippen LogP contribution in [0.1, 0.15) is 31.4 Å². The number of nitrogens with zero attached hydrogens (tertiary/aromatic N) is 3. The van der Waals surface area contributed by atoms with Crippen LogP contribution in [-0.2, 0) is 27.8 Å². The van der Waals surface area contributed by atoms with Gasteiger partial charge in [0.2, 0.25) is 17.6 Å². The molecule has 0 unspecified atom stereocenters. The highest BCUT2D eigenvalue weighted by Crippen LogP contribution is 2.31. The van der Waals surface area contributed by atoms with Crippen molar-refractivity contribution in [1.82, 2.24) is 19.8 Å². The van der Waals surface area contributed by atoms with Gasteiger partial charge >= 0.3 is 0 Å². The third kappa shape index (κ3) is 4.32. The number of hydrogen-bond acceptors (Lipinski definition) is 8. The van der Waals surface area contributed by atoms with Crippen LogP contribution in [0.25, 0.3) is 11.4 Å². The van der Waals surface area contributed by atoms with E-state index in [0.29, 0.717) is 48.8 Å². The third-order valence-corrected chi connectivity index (χ3v) is 8.25. The number of hydrogen-bond donors (Lipinski definition) is 1. The van der Waals surface area contributed by atoms with E-state index in [0.717, 1.165) is 11.3 Å². The number of thiophene rings is 1. The Bertz CT molecular complexity index is 1100. The van der Waals surface area contributed by atoms with Gasteiger partial charge in [0, 0.05) is 30.5 Å². The van der Waals surface area contributed by atoms with Gasteiger partial charge in [-0.2, -0.15) is 9.29 Å². The van der Waals surface area contributed by atoms with E-state index < -0.39 is 15.9 Å². The number of carbonyl (C=O) groups excluding carboxylic acids is 1. The van der Waals surface area contributed by atoms with Crippen LogP contribution in [0.2, 0.25) is 0 Å². The molecule has 30 heavy (non-hydrogen) atoms. The van der Waals surface area contributed by atoms with Crippen molar-refractivity contribution in [2.45, 2.75) is 36.9 Å². The number of sulfonamides is 1. The lowest BCUT2D eigenvalue weighted by Crippen LogP contribution is -2.45. The fraction of sp³-hybridized carbons (Fsp3) is 0.421. The summed E-state index contributed by atoms with van der Waals surface area (Å²) >= 11 is 1.12. The Kier molecular flexibility index (Phi) is 6.02. The maximum atomic E-state index is 13.1. The maximum Gasteiger partial charge on any atom is 0.252 e. The molecule has 1 aliphatic rings. The van der Waals surface area contributed by atoms with E-state index in [1.54, 1.807) is 29.8 Å². The number of carbonyl (C=O) groups is 1. The molecular formula is C19H22N4O5S2. The van der Waals surface area contributed by atoms with Crippen molar-refractivity contribution in [3.63, 3.8) is 0 Å². The summed E-state index contributed by atoms with van der Waals surface area (Å²) in [7, 11) is -3.71. The second-order valence-electron chi connectivity index (χ2n) is 7.02. The van der Waals surface area contributed by atoms with E-state index in [4.69, 9.17) is 8.94 Å². The van der Waals surface area contributed by atoms with Crippen LogP contribution in [0, 0.1) is 5.92 Å². The molecular weight excluding hydrogens is 428 g/mol.